The monoisotopic (exact) mass is 482 g/mol. The second-order valence-corrected chi connectivity index (χ2v) is 8.40. The number of nitrogens with zero attached hydrogens (tertiary/aromatic N) is 8. The van der Waals surface area contributed by atoms with Crippen molar-refractivity contribution in [3.63, 3.8) is 0 Å². The summed E-state index contributed by atoms with van der Waals surface area (Å²) in [4.78, 5) is 21.4. The third-order valence-corrected chi connectivity index (χ3v) is 6.27. The number of fused-ring (bicyclic) bond motifs is 1. The predicted molar refractivity (Wildman–Crippen MR) is 136 cm³/mol. The SMILES string of the molecule is CCn1c(-c2cccnc2)nc2c(N3CCOCC3)nc(-n3cc(-c4ccccc4)c(OC)n3)nc21. The molecule has 1 saturated heterocycles. The van der Waals surface area contributed by atoms with Crippen LogP contribution in [0.2, 0.25) is 0 Å². The number of hydrogen-bond acceptors (Lipinski definition) is 8. The van der Waals surface area contributed by atoms with Gasteiger partial charge in [-0.25, -0.2) is 9.67 Å². The molecule has 36 heavy (non-hydrogen) atoms. The molecule has 1 aliphatic rings. The summed E-state index contributed by atoms with van der Waals surface area (Å²) >= 11 is 0. The van der Waals surface area contributed by atoms with E-state index in [1.54, 1.807) is 18.0 Å². The zero-order chi connectivity index (χ0) is 24.5. The minimum atomic E-state index is 0.455. The van der Waals surface area contributed by atoms with Crippen molar-refractivity contribution in [1.82, 2.24) is 34.3 Å². The molecule has 10 heteroatoms. The number of morpholine rings is 1. The van der Waals surface area contributed by atoms with Crippen molar-refractivity contribution in [3.8, 4) is 34.3 Å². The molecular weight excluding hydrogens is 456 g/mol. The van der Waals surface area contributed by atoms with Crippen LogP contribution in [0, 0.1) is 0 Å². The molecule has 182 valence electrons. The summed E-state index contributed by atoms with van der Waals surface area (Å²) in [5, 5.41) is 4.68. The minimum absolute atomic E-state index is 0.455. The number of rotatable bonds is 6. The molecule has 1 aliphatic heterocycles. The Hall–Kier alpha value is -4.31. The second-order valence-electron chi connectivity index (χ2n) is 8.40. The van der Waals surface area contributed by atoms with E-state index in [0.717, 1.165) is 52.6 Å². The van der Waals surface area contributed by atoms with Crippen LogP contribution in [0.4, 0.5) is 5.82 Å². The van der Waals surface area contributed by atoms with Crippen LogP contribution in [0.25, 0.3) is 39.6 Å². The Morgan fingerprint density at radius 3 is 2.50 bits per heavy atom. The van der Waals surface area contributed by atoms with Crippen molar-refractivity contribution < 1.29 is 9.47 Å². The number of benzene rings is 1. The van der Waals surface area contributed by atoms with E-state index in [-0.39, 0.29) is 0 Å². The van der Waals surface area contributed by atoms with Gasteiger partial charge in [-0.05, 0) is 24.6 Å². The van der Waals surface area contributed by atoms with Crippen LogP contribution in [-0.2, 0) is 11.3 Å². The number of pyridine rings is 1. The second kappa shape index (κ2) is 9.38. The molecule has 0 unspecified atom stereocenters. The van der Waals surface area contributed by atoms with Crippen molar-refractivity contribution in [1.29, 1.82) is 0 Å². The van der Waals surface area contributed by atoms with Crippen molar-refractivity contribution in [2.45, 2.75) is 13.5 Å². The molecule has 0 radical (unpaired) electrons. The highest BCUT2D eigenvalue weighted by Crippen LogP contribution is 2.32. The Labute approximate surface area is 208 Å². The Bertz CT molecular complexity index is 1490. The van der Waals surface area contributed by atoms with E-state index in [1.807, 2.05) is 54.9 Å². The Balaban J connectivity index is 1.56. The van der Waals surface area contributed by atoms with Gasteiger partial charge in [0, 0.05) is 43.8 Å². The minimum Gasteiger partial charge on any atom is -0.479 e. The summed E-state index contributed by atoms with van der Waals surface area (Å²) in [5.74, 6) is 2.55. The molecule has 4 aromatic heterocycles. The third kappa shape index (κ3) is 3.85. The normalized spacial score (nSPS) is 13.9. The van der Waals surface area contributed by atoms with Crippen LogP contribution in [0.5, 0.6) is 5.88 Å². The van der Waals surface area contributed by atoms with Gasteiger partial charge in [0.1, 0.15) is 5.82 Å². The number of aromatic nitrogens is 7. The van der Waals surface area contributed by atoms with E-state index in [4.69, 9.17) is 24.4 Å². The molecule has 1 fully saturated rings. The van der Waals surface area contributed by atoms with E-state index in [0.29, 0.717) is 31.6 Å². The van der Waals surface area contributed by atoms with Gasteiger partial charge < -0.3 is 18.9 Å². The molecule has 0 saturated carbocycles. The zero-order valence-corrected chi connectivity index (χ0v) is 20.2. The highest BCUT2D eigenvalue weighted by atomic mass is 16.5. The molecule has 5 aromatic rings. The fourth-order valence-corrected chi connectivity index (χ4v) is 4.52. The maximum absolute atomic E-state index is 5.60. The number of ether oxygens (including phenoxy) is 2. The first-order chi connectivity index (χ1) is 17.8. The highest BCUT2D eigenvalue weighted by Gasteiger charge is 2.25. The topological polar surface area (TPSA) is 96.0 Å². The number of methoxy groups -OCH3 is 1. The van der Waals surface area contributed by atoms with E-state index in [1.165, 1.54) is 0 Å². The van der Waals surface area contributed by atoms with Gasteiger partial charge in [-0.2, -0.15) is 9.97 Å². The van der Waals surface area contributed by atoms with Gasteiger partial charge in [-0.15, -0.1) is 5.10 Å². The van der Waals surface area contributed by atoms with E-state index in [2.05, 4.69) is 26.5 Å². The van der Waals surface area contributed by atoms with Gasteiger partial charge >= 0.3 is 0 Å². The fourth-order valence-electron chi connectivity index (χ4n) is 4.52. The first-order valence-corrected chi connectivity index (χ1v) is 12.0. The molecule has 0 spiro atoms. The zero-order valence-electron chi connectivity index (χ0n) is 20.2. The fraction of sp³-hybridized carbons (Fsp3) is 0.269. The molecule has 0 atom stereocenters. The lowest BCUT2D eigenvalue weighted by molar-refractivity contribution is 0.122. The molecule has 10 nitrogen and oxygen atoms in total. The lowest BCUT2D eigenvalue weighted by Crippen LogP contribution is -2.37. The number of hydrogen-bond donors (Lipinski definition) is 0. The van der Waals surface area contributed by atoms with Crippen molar-refractivity contribution in [2.75, 3.05) is 38.3 Å². The van der Waals surface area contributed by atoms with Gasteiger partial charge in [-0.3, -0.25) is 4.98 Å². The molecule has 0 amide bonds. The van der Waals surface area contributed by atoms with E-state index < -0.39 is 0 Å². The molecule has 0 aliphatic carbocycles. The highest BCUT2D eigenvalue weighted by molar-refractivity contribution is 5.88. The first-order valence-electron chi connectivity index (χ1n) is 12.0. The van der Waals surface area contributed by atoms with Gasteiger partial charge in [-0.1, -0.05) is 30.3 Å². The Kier molecular flexibility index (Phi) is 5.78. The third-order valence-electron chi connectivity index (χ3n) is 6.27. The van der Waals surface area contributed by atoms with E-state index >= 15 is 0 Å². The lowest BCUT2D eigenvalue weighted by atomic mass is 10.1. The molecular formula is C26H26N8O2. The number of aryl methyl sites for hydroxylation is 1. The molecule has 5 heterocycles. The van der Waals surface area contributed by atoms with Gasteiger partial charge in [0.25, 0.3) is 5.95 Å². The Morgan fingerprint density at radius 2 is 1.78 bits per heavy atom. The van der Waals surface area contributed by atoms with Crippen LogP contribution in [0.1, 0.15) is 6.92 Å². The standard InChI is InChI=1S/C26H26N8O2/c1-3-33-22(19-10-7-11-27-16-19)28-21-23(32-12-14-36-15-13-32)29-26(30-24(21)33)34-17-20(25(31-34)35-2)18-8-5-4-6-9-18/h4-11,16-17H,3,12-15H2,1-2H3. The Morgan fingerprint density at radius 1 is 0.972 bits per heavy atom. The van der Waals surface area contributed by atoms with Crippen LogP contribution >= 0.6 is 0 Å². The maximum atomic E-state index is 5.60. The summed E-state index contributed by atoms with van der Waals surface area (Å²) in [7, 11) is 1.62. The summed E-state index contributed by atoms with van der Waals surface area (Å²) < 4.78 is 15.0. The molecule has 0 bridgehead atoms. The van der Waals surface area contributed by atoms with Gasteiger partial charge in [0.05, 0.1) is 25.9 Å². The molecule has 1 aromatic carbocycles. The van der Waals surface area contributed by atoms with Crippen LogP contribution in [-0.4, -0.2) is 67.7 Å². The summed E-state index contributed by atoms with van der Waals surface area (Å²) in [6.07, 6.45) is 5.49. The van der Waals surface area contributed by atoms with Gasteiger partial charge in [0.15, 0.2) is 17.0 Å². The van der Waals surface area contributed by atoms with Crippen LogP contribution in [0.3, 0.4) is 0 Å². The van der Waals surface area contributed by atoms with Crippen LogP contribution in [0.15, 0.2) is 61.1 Å². The largest absolute Gasteiger partial charge is 0.479 e. The number of imidazole rings is 1. The van der Waals surface area contributed by atoms with Crippen molar-refractivity contribution >= 4 is 17.0 Å². The quantitative estimate of drug-likeness (QED) is 0.362. The van der Waals surface area contributed by atoms with Gasteiger partial charge in [0.2, 0.25) is 5.88 Å². The first kappa shape index (κ1) is 22.2. The van der Waals surface area contributed by atoms with Crippen molar-refractivity contribution in [3.05, 3.63) is 61.1 Å². The average molecular weight is 483 g/mol. The maximum Gasteiger partial charge on any atom is 0.254 e. The van der Waals surface area contributed by atoms with E-state index in [9.17, 15) is 0 Å². The average Bonchev–Trinajstić information content (AvgIpc) is 3.56. The lowest BCUT2D eigenvalue weighted by Gasteiger charge is -2.28. The predicted octanol–water partition coefficient (Wildman–Crippen LogP) is 3.61. The molecule has 0 N–H and O–H groups in total. The van der Waals surface area contributed by atoms with Crippen LogP contribution < -0.4 is 9.64 Å². The molecule has 6 rings (SSSR count). The number of anilines is 1. The summed E-state index contributed by atoms with van der Waals surface area (Å²) in [6, 6.07) is 13.9. The summed E-state index contributed by atoms with van der Waals surface area (Å²) in [6.45, 7) is 5.50. The smallest absolute Gasteiger partial charge is 0.254 e. The summed E-state index contributed by atoms with van der Waals surface area (Å²) in [5.41, 5.74) is 4.31. The van der Waals surface area contributed by atoms with Crippen molar-refractivity contribution in [2.24, 2.45) is 0 Å².